The molecule has 92 valence electrons. The highest BCUT2D eigenvalue weighted by Gasteiger charge is 2.21. The number of alkyl halides is 1. The van der Waals surface area contributed by atoms with E-state index < -0.39 is 0 Å². The first-order valence-corrected chi connectivity index (χ1v) is 6.47. The van der Waals surface area contributed by atoms with Crippen molar-refractivity contribution >= 4 is 17.7 Å². The number of rotatable bonds is 4. The highest BCUT2D eigenvalue weighted by atomic mass is 35.5. The fourth-order valence-electron chi connectivity index (χ4n) is 2.04. The van der Waals surface area contributed by atoms with Gasteiger partial charge in [-0.15, -0.1) is 11.6 Å². The van der Waals surface area contributed by atoms with Gasteiger partial charge in [0.05, 0.1) is 6.61 Å². The van der Waals surface area contributed by atoms with E-state index >= 15 is 0 Å². The Bertz CT molecular complexity index is 426. The first kappa shape index (κ1) is 12.3. The molecule has 1 aromatic carbocycles. The van der Waals surface area contributed by atoms with Crippen molar-refractivity contribution in [3.8, 4) is 11.5 Å². The van der Waals surface area contributed by atoms with Crippen LogP contribution in [0.25, 0.3) is 6.08 Å². The Morgan fingerprint density at radius 3 is 3.06 bits per heavy atom. The molecule has 0 fully saturated rings. The van der Waals surface area contributed by atoms with Crippen LogP contribution in [0.15, 0.2) is 18.2 Å². The zero-order chi connectivity index (χ0) is 12.3. The molecule has 1 atom stereocenters. The first-order chi connectivity index (χ1) is 8.24. The average molecular weight is 253 g/mol. The van der Waals surface area contributed by atoms with Crippen LogP contribution in [0.1, 0.15) is 25.0 Å². The number of hydrogen-bond acceptors (Lipinski definition) is 2. The van der Waals surface area contributed by atoms with Crippen LogP contribution in [0.3, 0.4) is 0 Å². The van der Waals surface area contributed by atoms with Gasteiger partial charge < -0.3 is 9.47 Å². The summed E-state index contributed by atoms with van der Waals surface area (Å²) in [5.74, 6) is 2.38. The maximum Gasteiger partial charge on any atom is 0.127 e. The van der Waals surface area contributed by atoms with E-state index in [2.05, 4.69) is 13.0 Å². The van der Waals surface area contributed by atoms with Gasteiger partial charge in [0.15, 0.2) is 0 Å². The van der Waals surface area contributed by atoms with Crippen molar-refractivity contribution in [2.75, 3.05) is 12.5 Å². The lowest BCUT2D eigenvalue weighted by Gasteiger charge is -2.09. The summed E-state index contributed by atoms with van der Waals surface area (Å²) in [4.78, 5) is 0. The Morgan fingerprint density at radius 1 is 1.53 bits per heavy atom. The SMILES string of the molecule is CCOc1cc2c(cc1C=CCCl)OC(C)C2. The minimum atomic E-state index is 0.256. The number of halogens is 1. The number of hydrogen-bond donors (Lipinski definition) is 0. The molecule has 0 amide bonds. The summed E-state index contributed by atoms with van der Waals surface area (Å²) < 4.78 is 11.4. The van der Waals surface area contributed by atoms with Crippen LogP contribution in [0.5, 0.6) is 11.5 Å². The topological polar surface area (TPSA) is 18.5 Å². The van der Waals surface area contributed by atoms with Gasteiger partial charge in [0.2, 0.25) is 0 Å². The van der Waals surface area contributed by atoms with E-state index in [4.69, 9.17) is 21.1 Å². The predicted molar refractivity (Wildman–Crippen MR) is 71.2 cm³/mol. The minimum absolute atomic E-state index is 0.256. The molecule has 0 aromatic heterocycles. The molecule has 0 N–H and O–H groups in total. The maximum absolute atomic E-state index is 5.74. The lowest BCUT2D eigenvalue weighted by Crippen LogP contribution is -2.05. The summed E-state index contributed by atoms with van der Waals surface area (Å²) in [5.41, 5.74) is 2.25. The van der Waals surface area contributed by atoms with E-state index in [-0.39, 0.29) is 6.10 Å². The summed E-state index contributed by atoms with van der Waals surface area (Å²) in [5, 5.41) is 0. The first-order valence-electron chi connectivity index (χ1n) is 5.93. The zero-order valence-corrected chi connectivity index (χ0v) is 11.0. The summed E-state index contributed by atoms with van der Waals surface area (Å²) in [6.07, 6.45) is 5.09. The van der Waals surface area contributed by atoms with E-state index in [1.54, 1.807) is 0 Å². The molecule has 17 heavy (non-hydrogen) atoms. The second-order valence-electron chi connectivity index (χ2n) is 4.12. The van der Waals surface area contributed by atoms with Gasteiger partial charge in [0, 0.05) is 23.4 Å². The monoisotopic (exact) mass is 252 g/mol. The van der Waals surface area contributed by atoms with Crippen LogP contribution in [0.2, 0.25) is 0 Å². The smallest absolute Gasteiger partial charge is 0.127 e. The van der Waals surface area contributed by atoms with Gasteiger partial charge in [-0.1, -0.05) is 12.2 Å². The minimum Gasteiger partial charge on any atom is -0.493 e. The second-order valence-corrected chi connectivity index (χ2v) is 4.43. The molecule has 1 aliphatic rings. The highest BCUT2D eigenvalue weighted by Crippen LogP contribution is 2.35. The number of allylic oxidation sites excluding steroid dienone is 1. The molecule has 0 bridgehead atoms. The summed E-state index contributed by atoms with van der Waals surface area (Å²) in [6, 6.07) is 4.11. The number of ether oxygens (including phenoxy) is 2. The third-order valence-corrected chi connectivity index (χ3v) is 2.89. The van der Waals surface area contributed by atoms with Crippen molar-refractivity contribution in [3.05, 3.63) is 29.3 Å². The van der Waals surface area contributed by atoms with Crippen LogP contribution in [-0.2, 0) is 6.42 Å². The van der Waals surface area contributed by atoms with Crippen molar-refractivity contribution in [2.24, 2.45) is 0 Å². The zero-order valence-electron chi connectivity index (χ0n) is 10.2. The molecule has 0 aliphatic carbocycles. The molecule has 1 aromatic rings. The molecule has 3 heteroatoms. The Kier molecular flexibility index (Phi) is 3.95. The van der Waals surface area contributed by atoms with Crippen LogP contribution in [0.4, 0.5) is 0 Å². The van der Waals surface area contributed by atoms with E-state index in [0.29, 0.717) is 12.5 Å². The van der Waals surface area contributed by atoms with Gasteiger partial charge in [-0.2, -0.15) is 0 Å². The Balaban J connectivity index is 2.36. The quantitative estimate of drug-likeness (QED) is 0.762. The molecule has 2 rings (SSSR count). The number of benzene rings is 1. The van der Waals surface area contributed by atoms with Crippen molar-refractivity contribution < 1.29 is 9.47 Å². The Morgan fingerprint density at radius 2 is 2.35 bits per heavy atom. The van der Waals surface area contributed by atoms with Gasteiger partial charge in [0.25, 0.3) is 0 Å². The second kappa shape index (κ2) is 5.46. The van der Waals surface area contributed by atoms with Crippen LogP contribution >= 0.6 is 11.6 Å². The molecule has 1 unspecified atom stereocenters. The summed E-state index contributed by atoms with van der Waals surface area (Å²) in [6.45, 7) is 4.73. The van der Waals surface area contributed by atoms with E-state index in [1.807, 2.05) is 25.1 Å². The lowest BCUT2D eigenvalue weighted by molar-refractivity contribution is 0.254. The van der Waals surface area contributed by atoms with Gasteiger partial charge in [-0.05, 0) is 26.0 Å². The maximum atomic E-state index is 5.74. The highest BCUT2D eigenvalue weighted by molar-refractivity contribution is 6.19. The van der Waals surface area contributed by atoms with Crippen LogP contribution in [0, 0.1) is 0 Å². The Labute approximate surface area is 107 Å². The molecule has 2 nitrogen and oxygen atoms in total. The van der Waals surface area contributed by atoms with E-state index in [1.165, 1.54) is 5.56 Å². The van der Waals surface area contributed by atoms with Crippen LogP contribution in [-0.4, -0.2) is 18.6 Å². The fourth-order valence-corrected chi connectivity index (χ4v) is 2.13. The van der Waals surface area contributed by atoms with Crippen LogP contribution < -0.4 is 9.47 Å². The molecule has 0 saturated carbocycles. The lowest BCUT2D eigenvalue weighted by atomic mass is 10.1. The average Bonchev–Trinajstić information content (AvgIpc) is 2.65. The number of fused-ring (bicyclic) bond motifs is 1. The normalized spacial score (nSPS) is 18.2. The molecule has 1 aliphatic heterocycles. The largest absolute Gasteiger partial charge is 0.493 e. The standard InChI is InChI=1S/C14H17ClO2/c1-3-16-13-9-12-7-10(2)17-14(12)8-11(13)5-4-6-15/h4-5,8-10H,3,6-7H2,1-2H3. The summed E-state index contributed by atoms with van der Waals surface area (Å²) >= 11 is 5.66. The van der Waals surface area contributed by atoms with Gasteiger partial charge in [-0.3, -0.25) is 0 Å². The van der Waals surface area contributed by atoms with Gasteiger partial charge >= 0.3 is 0 Å². The van der Waals surface area contributed by atoms with Gasteiger partial charge in [-0.25, -0.2) is 0 Å². The molecule has 0 spiro atoms. The molecule has 1 heterocycles. The third kappa shape index (κ3) is 2.75. The fraction of sp³-hybridized carbons (Fsp3) is 0.429. The van der Waals surface area contributed by atoms with Gasteiger partial charge in [0.1, 0.15) is 17.6 Å². The van der Waals surface area contributed by atoms with E-state index in [9.17, 15) is 0 Å². The molecular formula is C14H17ClO2. The predicted octanol–water partition coefficient (Wildman–Crippen LogP) is 3.66. The Hall–Kier alpha value is -1.15. The molecule has 0 saturated heterocycles. The molecule has 0 radical (unpaired) electrons. The van der Waals surface area contributed by atoms with Crippen molar-refractivity contribution in [2.45, 2.75) is 26.4 Å². The van der Waals surface area contributed by atoms with Crippen molar-refractivity contribution in [1.82, 2.24) is 0 Å². The summed E-state index contributed by atoms with van der Waals surface area (Å²) in [7, 11) is 0. The molecular weight excluding hydrogens is 236 g/mol. The van der Waals surface area contributed by atoms with Crippen molar-refractivity contribution in [3.63, 3.8) is 0 Å². The third-order valence-electron chi connectivity index (χ3n) is 2.71. The van der Waals surface area contributed by atoms with E-state index in [0.717, 1.165) is 23.5 Å². The van der Waals surface area contributed by atoms with Crippen molar-refractivity contribution in [1.29, 1.82) is 0 Å².